The number of pyridine rings is 1. The minimum absolute atomic E-state index is 0.215. The van der Waals surface area contributed by atoms with Crippen LogP contribution < -0.4 is 10.1 Å². The van der Waals surface area contributed by atoms with Gasteiger partial charge in [0.1, 0.15) is 12.4 Å². The van der Waals surface area contributed by atoms with Crippen molar-refractivity contribution in [3.63, 3.8) is 0 Å². The molecular weight excluding hydrogens is 424 g/mol. The van der Waals surface area contributed by atoms with Gasteiger partial charge in [-0.3, -0.25) is 9.20 Å². The second-order valence-corrected chi connectivity index (χ2v) is 7.70. The van der Waals surface area contributed by atoms with Crippen LogP contribution in [0.3, 0.4) is 0 Å². The van der Waals surface area contributed by atoms with Crippen LogP contribution in [0.1, 0.15) is 11.1 Å². The predicted molar refractivity (Wildman–Crippen MR) is 133 cm³/mol. The second kappa shape index (κ2) is 9.83. The van der Waals surface area contributed by atoms with Gasteiger partial charge in [-0.25, -0.2) is 0 Å². The van der Waals surface area contributed by atoms with E-state index in [1.54, 1.807) is 6.08 Å². The summed E-state index contributed by atoms with van der Waals surface area (Å²) in [6.07, 6.45) is 5.20. The third-order valence-electron chi connectivity index (χ3n) is 5.26. The average Bonchev–Trinajstić information content (AvgIpc) is 3.32. The van der Waals surface area contributed by atoms with Crippen molar-refractivity contribution in [2.24, 2.45) is 0 Å². The lowest BCUT2D eigenvalue weighted by molar-refractivity contribution is -0.111. The number of amides is 1. The molecule has 0 aliphatic carbocycles. The Bertz CT molecular complexity index is 1440. The van der Waals surface area contributed by atoms with Gasteiger partial charge in [-0.05, 0) is 53.6 Å². The van der Waals surface area contributed by atoms with Crippen molar-refractivity contribution in [2.75, 3.05) is 5.32 Å². The van der Waals surface area contributed by atoms with Gasteiger partial charge >= 0.3 is 0 Å². The smallest absolute Gasteiger partial charge is 0.248 e. The summed E-state index contributed by atoms with van der Waals surface area (Å²) in [7, 11) is 0. The van der Waals surface area contributed by atoms with E-state index in [1.807, 2.05) is 108 Å². The Morgan fingerprint density at radius 2 is 1.71 bits per heavy atom. The van der Waals surface area contributed by atoms with Gasteiger partial charge in [0, 0.05) is 23.5 Å². The Hall–Kier alpha value is -4.71. The van der Waals surface area contributed by atoms with Crippen LogP contribution >= 0.6 is 0 Å². The average molecular weight is 447 g/mol. The Kier molecular flexibility index (Phi) is 6.12. The summed E-state index contributed by atoms with van der Waals surface area (Å²) in [6.45, 7) is 0.516. The van der Waals surface area contributed by atoms with Gasteiger partial charge < -0.3 is 10.1 Å². The van der Waals surface area contributed by atoms with Crippen molar-refractivity contribution in [1.29, 1.82) is 0 Å². The van der Waals surface area contributed by atoms with Gasteiger partial charge in [0.15, 0.2) is 11.5 Å². The van der Waals surface area contributed by atoms with E-state index >= 15 is 0 Å². The minimum Gasteiger partial charge on any atom is -0.489 e. The molecule has 0 atom stereocenters. The van der Waals surface area contributed by atoms with Gasteiger partial charge in [-0.15, -0.1) is 10.2 Å². The first-order valence-corrected chi connectivity index (χ1v) is 10.9. The fraction of sp³-hybridized carbons (Fsp3) is 0.0357. The second-order valence-electron chi connectivity index (χ2n) is 7.70. The van der Waals surface area contributed by atoms with Gasteiger partial charge in [-0.2, -0.15) is 0 Å². The van der Waals surface area contributed by atoms with Crippen LogP contribution in [-0.4, -0.2) is 20.5 Å². The number of hydrogen-bond donors (Lipinski definition) is 1. The molecule has 0 bridgehead atoms. The Labute approximate surface area is 197 Å². The third kappa shape index (κ3) is 5.02. The van der Waals surface area contributed by atoms with Crippen molar-refractivity contribution in [3.05, 3.63) is 120 Å². The van der Waals surface area contributed by atoms with E-state index in [0.717, 1.165) is 33.9 Å². The summed E-state index contributed by atoms with van der Waals surface area (Å²) in [4.78, 5) is 12.5. The topological polar surface area (TPSA) is 68.5 Å². The van der Waals surface area contributed by atoms with Crippen LogP contribution in [0.15, 0.2) is 109 Å². The molecule has 34 heavy (non-hydrogen) atoms. The molecule has 2 heterocycles. The van der Waals surface area contributed by atoms with Crippen molar-refractivity contribution in [3.8, 4) is 17.1 Å². The zero-order valence-corrected chi connectivity index (χ0v) is 18.3. The molecule has 6 nitrogen and oxygen atoms in total. The van der Waals surface area contributed by atoms with E-state index in [2.05, 4.69) is 15.5 Å². The van der Waals surface area contributed by atoms with E-state index < -0.39 is 0 Å². The van der Waals surface area contributed by atoms with Crippen LogP contribution in [0.5, 0.6) is 5.75 Å². The summed E-state index contributed by atoms with van der Waals surface area (Å²) >= 11 is 0. The van der Waals surface area contributed by atoms with E-state index in [4.69, 9.17) is 4.74 Å². The molecule has 0 fully saturated rings. The lowest BCUT2D eigenvalue weighted by atomic mass is 10.2. The highest BCUT2D eigenvalue weighted by Gasteiger charge is 2.08. The van der Waals surface area contributed by atoms with Gasteiger partial charge in [0.25, 0.3) is 0 Å². The first kappa shape index (κ1) is 21.2. The maximum atomic E-state index is 12.5. The SMILES string of the molecule is O=C(/C=C/c1ccc(OCc2ccccc2)cc1)Nc1cccc(-c2nnc3ccccn23)c1. The molecule has 0 spiro atoms. The highest BCUT2D eigenvalue weighted by Crippen LogP contribution is 2.22. The lowest BCUT2D eigenvalue weighted by Crippen LogP contribution is -2.07. The number of anilines is 1. The number of nitrogens with one attached hydrogen (secondary N) is 1. The molecule has 0 unspecified atom stereocenters. The molecule has 0 radical (unpaired) electrons. The largest absolute Gasteiger partial charge is 0.489 e. The number of hydrogen-bond acceptors (Lipinski definition) is 4. The fourth-order valence-electron chi connectivity index (χ4n) is 3.55. The monoisotopic (exact) mass is 446 g/mol. The van der Waals surface area contributed by atoms with Gasteiger partial charge in [0.05, 0.1) is 0 Å². The lowest BCUT2D eigenvalue weighted by Gasteiger charge is -2.06. The van der Waals surface area contributed by atoms with Crippen LogP contribution in [0.25, 0.3) is 23.1 Å². The number of nitrogens with zero attached hydrogens (tertiary/aromatic N) is 3. The summed E-state index contributed by atoms with van der Waals surface area (Å²) < 4.78 is 7.72. The maximum Gasteiger partial charge on any atom is 0.248 e. The molecule has 166 valence electrons. The van der Waals surface area contributed by atoms with Gasteiger partial charge in [0.2, 0.25) is 5.91 Å². The van der Waals surface area contributed by atoms with Crippen LogP contribution in [0, 0.1) is 0 Å². The van der Waals surface area contributed by atoms with Crippen molar-refractivity contribution >= 4 is 23.3 Å². The van der Waals surface area contributed by atoms with Crippen LogP contribution in [-0.2, 0) is 11.4 Å². The first-order valence-electron chi connectivity index (χ1n) is 10.9. The van der Waals surface area contributed by atoms with E-state index in [-0.39, 0.29) is 5.91 Å². The Morgan fingerprint density at radius 1 is 0.882 bits per heavy atom. The highest BCUT2D eigenvalue weighted by molar-refractivity contribution is 6.02. The molecule has 0 saturated carbocycles. The number of aromatic nitrogens is 3. The molecule has 5 rings (SSSR count). The number of ether oxygens (including phenoxy) is 1. The molecular formula is C28H22N4O2. The number of carbonyl (C=O) groups excluding carboxylic acids is 1. The van der Waals surface area contributed by atoms with E-state index in [9.17, 15) is 4.79 Å². The predicted octanol–water partition coefficient (Wildman–Crippen LogP) is 5.63. The molecule has 0 aliphatic heterocycles. The number of rotatable bonds is 7. The molecule has 1 amide bonds. The van der Waals surface area contributed by atoms with Crippen molar-refractivity contribution < 1.29 is 9.53 Å². The summed E-state index contributed by atoms with van der Waals surface area (Å²) in [5, 5.41) is 11.4. The molecule has 6 heteroatoms. The maximum absolute atomic E-state index is 12.5. The van der Waals surface area contributed by atoms with E-state index in [0.29, 0.717) is 12.3 Å². The summed E-state index contributed by atoms with van der Waals surface area (Å²) in [5.41, 5.74) is 4.35. The van der Waals surface area contributed by atoms with Crippen molar-refractivity contribution in [1.82, 2.24) is 14.6 Å². The fourth-order valence-corrected chi connectivity index (χ4v) is 3.55. The molecule has 3 aromatic carbocycles. The number of fused-ring (bicyclic) bond motifs is 1. The van der Waals surface area contributed by atoms with Crippen LogP contribution in [0.4, 0.5) is 5.69 Å². The summed E-state index contributed by atoms with van der Waals surface area (Å²) in [6, 6.07) is 30.9. The molecule has 5 aromatic rings. The number of carbonyl (C=O) groups is 1. The zero-order chi connectivity index (χ0) is 23.2. The standard InChI is InChI=1S/C28H22N4O2/c33-27(17-14-21-12-15-25(16-13-21)34-20-22-7-2-1-3-8-22)29-24-10-6-9-23(19-24)28-31-30-26-11-4-5-18-32(26)28/h1-19H,20H2,(H,29,33)/b17-14+. The molecule has 0 saturated heterocycles. The molecule has 2 aromatic heterocycles. The Balaban J connectivity index is 1.20. The first-order chi connectivity index (χ1) is 16.7. The van der Waals surface area contributed by atoms with Crippen molar-refractivity contribution in [2.45, 2.75) is 6.61 Å². The molecule has 1 N–H and O–H groups in total. The summed E-state index contributed by atoms with van der Waals surface area (Å²) in [5.74, 6) is 1.28. The van der Waals surface area contributed by atoms with Gasteiger partial charge in [-0.1, -0.05) is 60.7 Å². The number of benzene rings is 3. The highest BCUT2D eigenvalue weighted by atomic mass is 16.5. The molecule has 0 aliphatic rings. The van der Waals surface area contributed by atoms with Crippen LogP contribution in [0.2, 0.25) is 0 Å². The normalized spacial score (nSPS) is 11.1. The zero-order valence-electron chi connectivity index (χ0n) is 18.3. The minimum atomic E-state index is -0.215. The van der Waals surface area contributed by atoms with E-state index in [1.165, 1.54) is 6.08 Å². The third-order valence-corrected chi connectivity index (χ3v) is 5.26. The quantitative estimate of drug-likeness (QED) is 0.329. The Morgan fingerprint density at radius 3 is 2.56 bits per heavy atom.